The van der Waals surface area contributed by atoms with Crippen molar-refractivity contribution in [3.63, 3.8) is 0 Å². The molecule has 0 unspecified atom stereocenters. The van der Waals surface area contributed by atoms with Crippen molar-refractivity contribution in [2.75, 3.05) is 6.54 Å². The van der Waals surface area contributed by atoms with Crippen molar-refractivity contribution in [1.29, 1.82) is 0 Å². The molecule has 0 saturated carbocycles. The average molecular weight is 296 g/mol. The van der Waals surface area contributed by atoms with E-state index in [0.29, 0.717) is 17.2 Å². The fraction of sp³-hybridized carbons (Fsp3) is 0.0667. The highest BCUT2D eigenvalue weighted by atomic mass is 32.1. The minimum atomic E-state index is -0.280. The van der Waals surface area contributed by atoms with Gasteiger partial charge in [-0.25, -0.2) is 15.0 Å². The molecule has 104 valence electrons. The Morgan fingerprint density at radius 1 is 1.29 bits per heavy atom. The van der Waals surface area contributed by atoms with E-state index < -0.39 is 0 Å². The molecule has 0 radical (unpaired) electrons. The van der Waals surface area contributed by atoms with Crippen LogP contribution in [-0.2, 0) is 0 Å². The highest BCUT2D eigenvalue weighted by Crippen LogP contribution is 2.29. The highest BCUT2D eigenvalue weighted by Gasteiger charge is 2.18. The highest BCUT2D eigenvalue weighted by molar-refractivity contribution is 7.21. The monoisotopic (exact) mass is 296 g/mol. The predicted molar refractivity (Wildman–Crippen MR) is 83.2 cm³/mol. The van der Waals surface area contributed by atoms with Gasteiger partial charge in [0.15, 0.2) is 5.69 Å². The van der Waals surface area contributed by atoms with Crippen molar-refractivity contribution in [2.24, 2.45) is 0 Å². The summed E-state index contributed by atoms with van der Waals surface area (Å²) in [7, 11) is 0. The van der Waals surface area contributed by atoms with E-state index in [1.807, 2.05) is 24.3 Å². The molecule has 6 heteroatoms. The van der Waals surface area contributed by atoms with E-state index in [0.717, 1.165) is 10.2 Å². The van der Waals surface area contributed by atoms with Crippen LogP contribution < -0.4 is 5.32 Å². The normalized spacial score (nSPS) is 10.5. The van der Waals surface area contributed by atoms with Gasteiger partial charge in [0.2, 0.25) is 0 Å². The van der Waals surface area contributed by atoms with Crippen molar-refractivity contribution < 1.29 is 4.79 Å². The number of fused-ring (bicyclic) bond motifs is 1. The van der Waals surface area contributed by atoms with Crippen LogP contribution in [0.4, 0.5) is 0 Å². The van der Waals surface area contributed by atoms with Gasteiger partial charge in [-0.1, -0.05) is 18.2 Å². The van der Waals surface area contributed by atoms with Gasteiger partial charge in [-0.15, -0.1) is 17.9 Å². The maximum absolute atomic E-state index is 12.1. The van der Waals surface area contributed by atoms with Crippen LogP contribution in [-0.4, -0.2) is 27.4 Å². The SMILES string of the molecule is C=CCNC(=O)c1nccnc1-c1nc2ccccc2s1. The molecule has 3 aromatic rings. The zero-order valence-electron chi connectivity index (χ0n) is 11.1. The summed E-state index contributed by atoms with van der Waals surface area (Å²) in [6, 6.07) is 7.81. The summed E-state index contributed by atoms with van der Waals surface area (Å²) in [5, 5.41) is 3.40. The molecular weight excluding hydrogens is 284 g/mol. The number of rotatable bonds is 4. The van der Waals surface area contributed by atoms with Gasteiger partial charge in [0.25, 0.3) is 5.91 Å². The first-order chi connectivity index (χ1) is 10.3. The molecule has 2 aromatic heterocycles. The third-order valence-corrected chi connectivity index (χ3v) is 3.86. The van der Waals surface area contributed by atoms with Crippen LogP contribution in [0, 0.1) is 0 Å². The molecule has 1 aromatic carbocycles. The number of thiazole rings is 1. The van der Waals surface area contributed by atoms with Gasteiger partial charge in [0.05, 0.1) is 10.2 Å². The standard InChI is InChI=1S/C15H12N4OS/c1-2-7-18-14(20)12-13(17-9-8-16-12)15-19-10-5-3-4-6-11(10)21-15/h2-6,8-9H,1,7H2,(H,18,20). The van der Waals surface area contributed by atoms with Gasteiger partial charge in [0.1, 0.15) is 10.7 Å². The summed E-state index contributed by atoms with van der Waals surface area (Å²) in [5.74, 6) is -0.280. The summed E-state index contributed by atoms with van der Waals surface area (Å²) in [6.07, 6.45) is 4.68. The minimum absolute atomic E-state index is 0.276. The fourth-order valence-corrected chi connectivity index (χ4v) is 2.85. The molecule has 0 bridgehead atoms. The minimum Gasteiger partial charge on any atom is -0.347 e. The number of hydrogen-bond acceptors (Lipinski definition) is 5. The van der Waals surface area contributed by atoms with E-state index in [-0.39, 0.29) is 11.6 Å². The van der Waals surface area contributed by atoms with Crippen LogP contribution in [0.15, 0.2) is 49.3 Å². The van der Waals surface area contributed by atoms with Gasteiger partial charge in [-0.05, 0) is 12.1 Å². The number of carbonyl (C=O) groups is 1. The summed E-state index contributed by atoms with van der Waals surface area (Å²) in [6.45, 7) is 3.96. The number of hydrogen-bond donors (Lipinski definition) is 1. The lowest BCUT2D eigenvalue weighted by Crippen LogP contribution is -2.25. The number of nitrogens with one attached hydrogen (secondary N) is 1. The number of amides is 1. The molecule has 0 spiro atoms. The summed E-state index contributed by atoms with van der Waals surface area (Å²) in [5.41, 5.74) is 1.67. The van der Waals surface area contributed by atoms with E-state index >= 15 is 0 Å². The second kappa shape index (κ2) is 5.80. The Kier molecular flexibility index (Phi) is 3.70. The molecule has 0 atom stereocenters. The van der Waals surface area contributed by atoms with Crippen LogP contribution in [0.2, 0.25) is 0 Å². The molecule has 1 N–H and O–H groups in total. The molecule has 21 heavy (non-hydrogen) atoms. The predicted octanol–water partition coefficient (Wildman–Crippen LogP) is 2.67. The van der Waals surface area contributed by atoms with Crippen LogP contribution in [0.5, 0.6) is 0 Å². The second-order valence-electron chi connectivity index (χ2n) is 4.24. The summed E-state index contributed by atoms with van der Waals surface area (Å²) >= 11 is 1.49. The molecule has 1 amide bonds. The Balaban J connectivity index is 2.05. The van der Waals surface area contributed by atoms with Crippen LogP contribution >= 0.6 is 11.3 Å². The van der Waals surface area contributed by atoms with Crippen molar-refractivity contribution in [2.45, 2.75) is 0 Å². The van der Waals surface area contributed by atoms with Crippen LogP contribution in [0.1, 0.15) is 10.5 Å². The summed E-state index contributed by atoms with van der Waals surface area (Å²) in [4.78, 5) is 25.1. The van der Waals surface area contributed by atoms with Gasteiger partial charge in [-0.2, -0.15) is 0 Å². The number of benzene rings is 1. The third-order valence-electron chi connectivity index (χ3n) is 2.82. The molecule has 0 saturated heterocycles. The topological polar surface area (TPSA) is 67.8 Å². The van der Waals surface area contributed by atoms with Crippen LogP contribution in [0.3, 0.4) is 0 Å². The van der Waals surface area contributed by atoms with E-state index in [9.17, 15) is 4.79 Å². The molecule has 0 aliphatic rings. The van der Waals surface area contributed by atoms with E-state index in [2.05, 4.69) is 26.8 Å². The first-order valence-corrected chi connectivity index (χ1v) is 7.17. The maximum Gasteiger partial charge on any atom is 0.272 e. The number of aromatic nitrogens is 3. The number of nitrogens with zero attached hydrogens (tertiary/aromatic N) is 3. The van der Waals surface area contributed by atoms with E-state index in [1.54, 1.807) is 12.3 Å². The zero-order valence-corrected chi connectivity index (χ0v) is 11.9. The average Bonchev–Trinajstić information content (AvgIpc) is 2.96. The van der Waals surface area contributed by atoms with Gasteiger partial charge in [-0.3, -0.25) is 4.79 Å². The molecular formula is C15H12N4OS. The van der Waals surface area contributed by atoms with Gasteiger partial charge in [0, 0.05) is 18.9 Å². The quantitative estimate of drug-likeness (QED) is 0.752. The van der Waals surface area contributed by atoms with E-state index in [1.165, 1.54) is 17.5 Å². The lowest BCUT2D eigenvalue weighted by atomic mass is 10.3. The first kappa shape index (κ1) is 13.4. The lowest BCUT2D eigenvalue weighted by molar-refractivity contribution is 0.0953. The number of para-hydroxylation sites is 1. The molecule has 0 aliphatic heterocycles. The maximum atomic E-state index is 12.1. The molecule has 5 nitrogen and oxygen atoms in total. The Hall–Kier alpha value is -2.60. The molecule has 3 rings (SSSR count). The molecule has 0 aliphatic carbocycles. The van der Waals surface area contributed by atoms with Crippen molar-refractivity contribution in [3.8, 4) is 10.7 Å². The fourth-order valence-electron chi connectivity index (χ4n) is 1.88. The van der Waals surface area contributed by atoms with Gasteiger partial charge >= 0.3 is 0 Å². The smallest absolute Gasteiger partial charge is 0.272 e. The number of carbonyl (C=O) groups excluding carboxylic acids is 1. The van der Waals surface area contributed by atoms with Gasteiger partial charge < -0.3 is 5.32 Å². The Morgan fingerprint density at radius 3 is 2.90 bits per heavy atom. The van der Waals surface area contributed by atoms with E-state index in [4.69, 9.17) is 0 Å². The Bertz CT molecular complexity index is 779. The van der Waals surface area contributed by atoms with Crippen molar-refractivity contribution >= 4 is 27.5 Å². The lowest BCUT2D eigenvalue weighted by Gasteiger charge is -2.04. The molecule has 2 heterocycles. The van der Waals surface area contributed by atoms with Crippen molar-refractivity contribution in [1.82, 2.24) is 20.3 Å². The zero-order chi connectivity index (χ0) is 14.7. The van der Waals surface area contributed by atoms with Crippen molar-refractivity contribution in [3.05, 3.63) is 55.0 Å². The Labute approximate surface area is 125 Å². The second-order valence-corrected chi connectivity index (χ2v) is 5.27. The third kappa shape index (κ3) is 2.66. The molecule has 0 fully saturated rings. The van der Waals surface area contributed by atoms with Crippen LogP contribution in [0.25, 0.3) is 20.9 Å². The first-order valence-electron chi connectivity index (χ1n) is 6.35. The largest absolute Gasteiger partial charge is 0.347 e. The summed E-state index contributed by atoms with van der Waals surface area (Å²) < 4.78 is 1.05. The Morgan fingerprint density at radius 2 is 2.10 bits per heavy atom.